The summed E-state index contributed by atoms with van der Waals surface area (Å²) in [5.74, 6) is 6.48. The van der Waals surface area contributed by atoms with Crippen LogP contribution in [0.1, 0.15) is 43.4 Å². The molecule has 0 bridgehead atoms. The van der Waals surface area contributed by atoms with Gasteiger partial charge in [0.15, 0.2) is 0 Å². The average molecular weight is 290 g/mol. The van der Waals surface area contributed by atoms with Crippen LogP contribution in [-0.2, 0) is 15.9 Å². The molecule has 0 amide bonds. The maximum atomic E-state index is 6.01. The zero-order valence-corrected chi connectivity index (χ0v) is 12.8. The summed E-state index contributed by atoms with van der Waals surface area (Å²) in [6, 6.07) is 8.73. The molecule has 1 aliphatic carbocycles. The fourth-order valence-electron chi connectivity index (χ4n) is 3.40. The highest BCUT2D eigenvalue weighted by Crippen LogP contribution is 2.39. The predicted octanol–water partition coefficient (Wildman–Crippen LogP) is 2.34. The molecule has 21 heavy (non-hydrogen) atoms. The summed E-state index contributed by atoms with van der Waals surface area (Å²) in [5, 5.41) is 0. The number of nitrogens with two attached hydrogens (primary N) is 1. The summed E-state index contributed by atoms with van der Waals surface area (Å²) >= 11 is 0. The Morgan fingerprint density at radius 2 is 2.19 bits per heavy atom. The molecular weight excluding hydrogens is 264 g/mol. The Bertz CT molecular complexity index is 462. The van der Waals surface area contributed by atoms with Crippen LogP contribution in [-0.4, -0.2) is 25.4 Å². The Labute approximate surface area is 127 Å². The molecule has 3 N–H and O–H groups in total. The number of hydrogen-bond donors (Lipinski definition) is 2. The second-order valence-electron chi connectivity index (χ2n) is 6.07. The molecule has 1 aromatic rings. The van der Waals surface area contributed by atoms with Gasteiger partial charge in [0, 0.05) is 6.61 Å². The molecule has 0 aromatic heterocycles. The lowest BCUT2D eigenvalue weighted by atomic mass is 9.91. The van der Waals surface area contributed by atoms with Crippen molar-refractivity contribution in [1.29, 1.82) is 0 Å². The van der Waals surface area contributed by atoms with E-state index in [1.807, 2.05) is 0 Å². The van der Waals surface area contributed by atoms with Gasteiger partial charge in [-0.1, -0.05) is 24.3 Å². The Morgan fingerprint density at radius 3 is 2.90 bits per heavy atom. The van der Waals surface area contributed by atoms with Crippen molar-refractivity contribution in [1.82, 2.24) is 5.43 Å². The Balaban J connectivity index is 1.72. The van der Waals surface area contributed by atoms with E-state index in [9.17, 15) is 0 Å². The molecule has 0 saturated heterocycles. The third-order valence-electron chi connectivity index (χ3n) is 4.62. The molecule has 1 aromatic carbocycles. The number of benzene rings is 1. The van der Waals surface area contributed by atoms with Gasteiger partial charge >= 0.3 is 0 Å². The van der Waals surface area contributed by atoms with E-state index in [4.69, 9.17) is 15.3 Å². The van der Waals surface area contributed by atoms with Crippen LogP contribution >= 0.6 is 0 Å². The van der Waals surface area contributed by atoms with E-state index in [2.05, 4.69) is 36.6 Å². The Morgan fingerprint density at radius 1 is 1.38 bits per heavy atom. The van der Waals surface area contributed by atoms with E-state index in [-0.39, 0.29) is 18.2 Å². The first kappa shape index (κ1) is 15.0. The van der Waals surface area contributed by atoms with Crippen molar-refractivity contribution in [2.45, 2.75) is 50.9 Å². The van der Waals surface area contributed by atoms with Crippen LogP contribution in [0.25, 0.3) is 0 Å². The van der Waals surface area contributed by atoms with Crippen LogP contribution < -0.4 is 11.3 Å². The summed E-state index contributed by atoms with van der Waals surface area (Å²) in [4.78, 5) is 0. The largest absolute Gasteiger partial charge is 0.377 e. The van der Waals surface area contributed by atoms with Gasteiger partial charge in [0.25, 0.3) is 0 Å². The zero-order chi connectivity index (χ0) is 14.7. The molecule has 3 atom stereocenters. The van der Waals surface area contributed by atoms with Crippen molar-refractivity contribution < 1.29 is 9.47 Å². The first-order valence-corrected chi connectivity index (χ1v) is 8.10. The lowest BCUT2D eigenvalue weighted by molar-refractivity contribution is -0.0179. The number of ether oxygens (including phenoxy) is 2. The van der Waals surface area contributed by atoms with Gasteiger partial charge in [-0.05, 0) is 49.7 Å². The predicted molar refractivity (Wildman–Crippen MR) is 82.7 cm³/mol. The van der Waals surface area contributed by atoms with E-state index in [1.54, 1.807) is 0 Å². The zero-order valence-electron chi connectivity index (χ0n) is 12.8. The van der Waals surface area contributed by atoms with Crippen LogP contribution in [0.2, 0.25) is 0 Å². The second-order valence-corrected chi connectivity index (χ2v) is 6.07. The minimum absolute atomic E-state index is 0.123. The van der Waals surface area contributed by atoms with E-state index < -0.39 is 0 Å². The van der Waals surface area contributed by atoms with E-state index >= 15 is 0 Å². The Hall–Kier alpha value is -0.940. The van der Waals surface area contributed by atoms with Gasteiger partial charge < -0.3 is 9.47 Å². The van der Waals surface area contributed by atoms with Crippen molar-refractivity contribution in [3.8, 4) is 0 Å². The SMILES string of the molecule is CCOC(C1CC1)C(CC1OCCc2ccccc21)NN. The Kier molecular flexibility index (Phi) is 4.91. The van der Waals surface area contributed by atoms with Gasteiger partial charge in [-0.25, -0.2) is 0 Å². The standard InChI is InChI=1S/C17H26N2O2/c1-2-20-17(13-7-8-13)15(19-18)11-16-14-6-4-3-5-12(14)9-10-21-16/h3-6,13,15-17,19H,2,7-11,18H2,1H3. The topological polar surface area (TPSA) is 56.5 Å². The summed E-state index contributed by atoms with van der Waals surface area (Å²) < 4.78 is 12.0. The molecule has 1 aliphatic heterocycles. The second kappa shape index (κ2) is 6.88. The van der Waals surface area contributed by atoms with Gasteiger partial charge in [-0.3, -0.25) is 11.3 Å². The summed E-state index contributed by atoms with van der Waals surface area (Å²) in [6.45, 7) is 3.58. The van der Waals surface area contributed by atoms with Crippen molar-refractivity contribution in [3.05, 3.63) is 35.4 Å². The lowest BCUT2D eigenvalue weighted by Gasteiger charge is -2.32. The highest BCUT2D eigenvalue weighted by molar-refractivity contribution is 5.31. The fourth-order valence-corrected chi connectivity index (χ4v) is 3.40. The van der Waals surface area contributed by atoms with Crippen molar-refractivity contribution >= 4 is 0 Å². The smallest absolute Gasteiger partial charge is 0.0844 e. The first-order valence-electron chi connectivity index (χ1n) is 8.10. The first-order chi connectivity index (χ1) is 10.3. The molecular formula is C17H26N2O2. The van der Waals surface area contributed by atoms with Gasteiger partial charge in [0.1, 0.15) is 0 Å². The van der Waals surface area contributed by atoms with Crippen LogP contribution in [0.5, 0.6) is 0 Å². The van der Waals surface area contributed by atoms with Gasteiger partial charge in [-0.2, -0.15) is 0 Å². The molecule has 3 rings (SSSR count). The number of hydrazine groups is 1. The molecule has 1 fully saturated rings. The molecule has 1 saturated carbocycles. The lowest BCUT2D eigenvalue weighted by Crippen LogP contribution is -2.47. The molecule has 3 unspecified atom stereocenters. The van der Waals surface area contributed by atoms with E-state index in [0.717, 1.165) is 26.1 Å². The fraction of sp³-hybridized carbons (Fsp3) is 0.647. The minimum Gasteiger partial charge on any atom is -0.377 e. The summed E-state index contributed by atoms with van der Waals surface area (Å²) in [7, 11) is 0. The molecule has 4 heteroatoms. The molecule has 116 valence electrons. The number of rotatable bonds is 7. The highest BCUT2D eigenvalue weighted by Gasteiger charge is 2.38. The van der Waals surface area contributed by atoms with Crippen LogP contribution in [0.4, 0.5) is 0 Å². The highest BCUT2D eigenvalue weighted by atomic mass is 16.5. The normalized spacial score (nSPS) is 24.4. The average Bonchev–Trinajstić information content (AvgIpc) is 3.35. The summed E-state index contributed by atoms with van der Waals surface area (Å²) in [6.07, 6.45) is 4.71. The van der Waals surface area contributed by atoms with Crippen LogP contribution in [0.3, 0.4) is 0 Å². The number of fused-ring (bicyclic) bond motifs is 1. The molecule has 4 nitrogen and oxygen atoms in total. The van der Waals surface area contributed by atoms with Gasteiger partial charge in [0.05, 0.1) is 24.9 Å². The minimum atomic E-state index is 0.123. The molecule has 1 heterocycles. The maximum Gasteiger partial charge on any atom is 0.0844 e. The van der Waals surface area contributed by atoms with Crippen molar-refractivity contribution in [3.63, 3.8) is 0 Å². The van der Waals surface area contributed by atoms with Gasteiger partial charge in [-0.15, -0.1) is 0 Å². The monoisotopic (exact) mass is 290 g/mol. The number of nitrogens with one attached hydrogen (secondary N) is 1. The van der Waals surface area contributed by atoms with E-state index in [0.29, 0.717) is 5.92 Å². The molecule has 2 aliphatic rings. The third kappa shape index (κ3) is 3.46. The molecule has 0 radical (unpaired) electrons. The van der Waals surface area contributed by atoms with Crippen LogP contribution in [0, 0.1) is 5.92 Å². The third-order valence-corrected chi connectivity index (χ3v) is 4.62. The van der Waals surface area contributed by atoms with Gasteiger partial charge in [0.2, 0.25) is 0 Å². The van der Waals surface area contributed by atoms with Crippen molar-refractivity contribution in [2.24, 2.45) is 11.8 Å². The van der Waals surface area contributed by atoms with E-state index in [1.165, 1.54) is 24.0 Å². The quantitative estimate of drug-likeness (QED) is 0.598. The number of hydrogen-bond acceptors (Lipinski definition) is 4. The summed E-state index contributed by atoms with van der Waals surface area (Å²) in [5.41, 5.74) is 5.70. The van der Waals surface area contributed by atoms with Crippen LogP contribution in [0.15, 0.2) is 24.3 Å². The maximum absolute atomic E-state index is 6.01. The molecule has 0 spiro atoms. The van der Waals surface area contributed by atoms with Crippen molar-refractivity contribution in [2.75, 3.05) is 13.2 Å².